The predicted molar refractivity (Wildman–Crippen MR) is 133 cm³/mol. The number of amides is 1. The zero-order valence-electron chi connectivity index (χ0n) is 19.9. The van der Waals surface area contributed by atoms with Crippen LogP contribution >= 0.6 is 0 Å². The number of piperazine rings is 1. The van der Waals surface area contributed by atoms with E-state index in [1.807, 2.05) is 53.8 Å². The lowest BCUT2D eigenvalue weighted by Gasteiger charge is -2.35. The lowest BCUT2D eigenvalue weighted by molar-refractivity contribution is -0.129. The van der Waals surface area contributed by atoms with Crippen molar-refractivity contribution in [3.63, 3.8) is 0 Å². The zero-order chi connectivity index (χ0) is 24.5. The molecule has 35 heavy (non-hydrogen) atoms. The minimum atomic E-state index is -0.521. The molecule has 10 heteroatoms. The third-order valence-electron chi connectivity index (χ3n) is 6.17. The summed E-state index contributed by atoms with van der Waals surface area (Å²) in [5.41, 5.74) is 4.18. The second kappa shape index (κ2) is 9.28. The van der Waals surface area contributed by atoms with E-state index in [1.165, 1.54) is 0 Å². The highest BCUT2D eigenvalue weighted by molar-refractivity contribution is 5.80. The number of aromatic nitrogens is 5. The van der Waals surface area contributed by atoms with E-state index in [0.717, 1.165) is 54.8 Å². The first-order valence-corrected chi connectivity index (χ1v) is 11.6. The van der Waals surface area contributed by atoms with Gasteiger partial charge in [0.25, 0.3) is 0 Å². The molecule has 9 nitrogen and oxygen atoms in total. The van der Waals surface area contributed by atoms with Gasteiger partial charge in [-0.1, -0.05) is 0 Å². The molecule has 1 saturated heterocycles. The van der Waals surface area contributed by atoms with Crippen molar-refractivity contribution in [1.82, 2.24) is 29.6 Å². The molecule has 180 valence electrons. The van der Waals surface area contributed by atoms with Crippen LogP contribution in [0.3, 0.4) is 0 Å². The SMILES string of the molecule is CC(=O)N1CCN(c2ccc(Nc3ncc(F)c(-c4cnc5cnn(C(C)C)c5c4)n3)cc2)CC1. The quantitative estimate of drug-likeness (QED) is 0.467. The molecule has 1 aliphatic rings. The van der Waals surface area contributed by atoms with Crippen molar-refractivity contribution in [2.45, 2.75) is 26.8 Å². The van der Waals surface area contributed by atoms with Gasteiger partial charge in [-0.25, -0.2) is 14.4 Å². The molecule has 0 aliphatic carbocycles. The van der Waals surface area contributed by atoms with Crippen molar-refractivity contribution in [2.75, 3.05) is 36.4 Å². The van der Waals surface area contributed by atoms with Gasteiger partial charge in [0.15, 0.2) is 5.82 Å². The monoisotopic (exact) mass is 474 g/mol. The number of rotatable bonds is 5. The van der Waals surface area contributed by atoms with Crippen molar-refractivity contribution < 1.29 is 9.18 Å². The lowest BCUT2D eigenvalue weighted by Crippen LogP contribution is -2.48. The fourth-order valence-electron chi connectivity index (χ4n) is 4.26. The molecular weight excluding hydrogens is 447 g/mol. The fraction of sp³-hybridized carbons (Fsp3) is 0.320. The van der Waals surface area contributed by atoms with Crippen molar-refractivity contribution in [3.8, 4) is 11.3 Å². The summed E-state index contributed by atoms with van der Waals surface area (Å²) in [5, 5.41) is 7.53. The van der Waals surface area contributed by atoms with Gasteiger partial charge >= 0.3 is 0 Å². The molecule has 1 aliphatic heterocycles. The largest absolute Gasteiger partial charge is 0.368 e. The Morgan fingerprint density at radius 2 is 1.77 bits per heavy atom. The maximum absolute atomic E-state index is 14.7. The molecule has 0 atom stereocenters. The van der Waals surface area contributed by atoms with Gasteiger partial charge in [0, 0.05) is 62.3 Å². The molecule has 1 aromatic carbocycles. The van der Waals surface area contributed by atoms with E-state index in [-0.39, 0.29) is 17.6 Å². The van der Waals surface area contributed by atoms with Crippen LogP contribution < -0.4 is 10.2 Å². The minimum Gasteiger partial charge on any atom is -0.368 e. The summed E-state index contributed by atoms with van der Waals surface area (Å²) >= 11 is 0. The second-order valence-electron chi connectivity index (χ2n) is 8.87. The molecule has 0 spiro atoms. The number of hydrogen-bond acceptors (Lipinski definition) is 7. The average molecular weight is 475 g/mol. The number of pyridine rings is 1. The van der Waals surface area contributed by atoms with Crippen LogP contribution in [0.25, 0.3) is 22.3 Å². The molecular formula is C25H27FN8O. The Morgan fingerprint density at radius 3 is 2.46 bits per heavy atom. The third kappa shape index (κ3) is 4.64. The molecule has 0 bridgehead atoms. The Hall–Kier alpha value is -4.08. The molecule has 5 rings (SSSR count). The number of carbonyl (C=O) groups is 1. The number of anilines is 3. The van der Waals surface area contributed by atoms with E-state index in [0.29, 0.717) is 11.5 Å². The van der Waals surface area contributed by atoms with E-state index >= 15 is 0 Å². The van der Waals surface area contributed by atoms with Crippen molar-refractivity contribution in [3.05, 3.63) is 54.7 Å². The predicted octanol–water partition coefficient (Wildman–Crippen LogP) is 4.02. The van der Waals surface area contributed by atoms with Crippen LogP contribution in [0.5, 0.6) is 0 Å². The van der Waals surface area contributed by atoms with Gasteiger partial charge in [-0.15, -0.1) is 0 Å². The standard InChI is InChI=1S/C25H27FN8O/c1-16(2)34-23-12-18(13-27-22(23)15-29-34)24-21(26)14-28-25(31-24)30-19-4-6-20(7-5-19)33-10-8-32(9-11-33)17(3)35/h4-7,12-16H,8-11H2,1-3H3,(H,28,30,31). The molecule has 4 heterocycles. The average Bonchev–Trinajstić information content (AvgIpc) is 3.29. The van der Waals surface area contributed by atoms with E-state index < -0.39 is 5.82 Å². The number of halogens is 1. The highest BCUT2D eigenvalue weighted by atomic mass is 19.1. The second-order valence-corrected chi connectivity index (χ2v) is 8.87. The Morgan fingerprint density at radius 1 is 1.03 bits per heavy atom. The molecule has 1 N–H and O–H groups in total. The number of carbonyl (C=O) groups excluding carboxylic acids is 1. The smallest absolute Gasteiger partial charge is 0.227 e. The van der Waals surface area contributed by atoms with Crippen LogP contribution in [-0.2, 0) is 4.79 Å². The number of nitrogens with zero attached hydrogens (tertiary/aromatic N) is 7. The van der Waals surface area contributed by atoms with Gasteiger partial charge in [0.2, 0.25) is 11.9 Å². The zero-order valence-corrected chi connectivity index (χ0v) is 19.9. The lowest BCUT2D eigenvalue weighted by atomic mass is 10.2. The maximum Gasteiger partial charge on any atom is 0.227 e. The molecule has 0 saturated carbocycles. The summed E-state index contributed by atoms with van der Waals surface area (Å²) in [5.74, 6) is -0.113. The minimum absolute atomic E-state index is 0.115. The molecule has 4 aromatic rings. The van der Waals surface area contributed by atoms with Gasteiger partial charge in [-0.3, -0.25) is 14.5 Å². The molecule has 0 unspecified atom stereocenters. The van der Waals surface area contributed by atoms with Gasteiger partial charge in [-0.05, 0) is 44.2 Å². The van der Waals surface area contributed by atoms with Crippen molar-refractivity contribution in [2.24, 2.45) is 0 Å². The van der Waals surface area contributed by atoms with Crippen molar-refractivity contribution in [1.29, 1.82) is 0 Å². The summed E-state index contributed by atoms with van der Waals surface area (Å²) in [6.45, 7) is 8.71. The van der Waals surface area contributed by atoms with Crippen LogP contribution in [-0.4, -0.2) is 61.7 Å². The Labute approximate surface area is 202 Å². The van der Waals surface area contributed by atoms with E-state index in [1.54, 1.807) is 19.3 Å². The van der Waals surface area contributed by atoms with Gasteiger partial charge in [0.1, 0.15) is 11.2 Å². The van der Waals surface area contributed by atoms with Gasteiger partial charge in [0.05, 0.1) is 17.9 Å². The van der Waals surface area contributed by atoms with Crippen molar-refractivity contribution >= 4 is 34.3 Å². The van der Waals surface area contributed by atoms with E-state index in [9.17, 15) is 9.18 Å². The molecule has 0 radical (unpaired) electrons. The Balaban J connectivity index is 1.34. The topological polar surface area (TPSA) is 92.1 Å². The number of nitrogens with one attached hydrogen (secondary N) is 1. The fourth-order valence-corrected chi connectivity index (χ4v) is 4.26. The Bertz CT molecular complexity index is 1360. The summed E-state index contributed by atoms with van der Waals surface area (Å²) in [4.78, 5) is 28.6. The summed E-state index contributed by atoms with van der Waals surface area (Å²) < 4.78 is 16.5. The molecule has 3 aromatic heterocycles. The highest BCUT2D eigenvalue weighted by Gasteiger charge is 2.19. The first-order valence-electron chi connectivity index (χ1n) is 11.6. The normalized spacial score (nSPS) is 14.1. The van der Waals surface area contributed by atoms with E-state index in [2.05, 4.69) is 30.3 Å². The first kappa shape index (κ1) is 22.7. The maximum atomic E-state index is 14.7. The van der Waals surface area contributed by atoms with Crippen LogP contribution in [0.2, 0.25) is 0 Å². The summed E-state index contributed by atoms with van der Waals surface area (Å²) in [6, 6.07) is 9.91. The van der Waals surface area contributed by atoms with Gasteiger partial charge in [-0.2, -0.15) is 5.10 Å². The summed E-state index contributed by atoms with van der Waals surface area (Å²) in [6.07, 6.45) is 4.47. The first-order chi connectivity index (χ1) is 16.9. The molecule has 1 amide bonds. The Kier molecular flexibility index (Phi) is 6.02. The van der Waals surface area contributed by atoms with Crippen LogP contribution in [0.4, 0.5) is 21.7 Å². The highest BCUT2D eigenvalue weighted by Crippen LogP contribution is 2.27. The van der Waals surface area contributed by atoms with Crippen LogP contribution in [0.15, 0.2) is 48.9 Å². The number of fused-ring (bicyclic) bond motifs is 1. The van der Waals surface area contributed by atoms with E-state index in [4.69, 9.17) is 0 Å². The summed E-state index contributed by atoms with van der Waals surface area (Å²) in [7, 11) is 0. The number of hydrogen-bond donors (Lipinski definition) is 1. The van der Waals surface area contributed by atoms with Gasteiger partial charge < -0.3 is 15.1 Å². The van der Waals surface area contributed by atoms with Crippen LogP contribution in [0, 0.1) is 5.82 Å². The molecule has 1 fully saturated rings. The number of benzene rings is 1. The van der Waals surface area contributed by atoms with Crippen LogP contribution in [0.1, 0.15) is 26.8 Å². The third-order valence-corrected chi connectivity index (χ3v) is 6.17.